The van der Waals surface area contributed by atoms with Crippen molar-refractivity contribution in [3.63, 3.8) is 0 Å². The number of hydrogen-bond donors (Lipinski definition) is 0. The molecular weight excluding hydrogens is 340 g/mol. The van der Waals surface area contributed by atoms with Crippen LogP contribution in [0.4, 0.5) is 5.69 Å². The van der Waals surface area contributed by atoms with Crippen LogP contribution in [0.2, 0.25) is 0 Å². The fourth-order valence-electron chi connectivity index (χ4n) is 4.31. The van der Waals surface area contributed by atoms with Crippen LogP contribution >= 0.6 is 0 Å². The molecule has 5 heteroatoms. The van der Waals surface area contributed by atoms with E-state index in [0.717, 1.165) is 56.7 Å². The minimum Gasteiger partial charge on any atom is -0.381 e. The highest BCUT2D eigenvalue weighted by Crippen LogP contribution is 2.32. The van der Waals surface area contributed by atoms with Crippen molar-refractivity contribution in [2.45, 2.75) is 46.0 Å². The molecule has 0 aliphatic carbocycles. The zero-order valence-corrected chi connectivity index (χ0v) is 16.9. The number of benzene rings is 1. The molecule has 2 saturated heterocycles. The van der Waals surface area contributed by atoms with Gasteiger partial charge in [-0.15, -0.1) is 0 Å². The molecule has 0 N–H and O–H groups in total. The normalized spacial score (nSPS) is 20.9. The van der Waals surface area contributed by atoms with Crippen molar-refractivity contribution < 1.29 is 14.3 Å². The van der Waals surface area contributed by atoms with Crippen LogP contribution in [-0.2, 0) is 20.7 Å². The van der Waals surface area contributed by atoms with Gasteiger partial charge in [-0.3, -0.25) is 9.59 Å². The molecule has 0 bridgehead atoms. The first-order valence-electron chi connectivity index (χ1n) is 10.2. The molecule has 0 aromatic heterocycles. The van der Waals surface area contributed by atoms with E-state index in [0.29, 0.717) is 18.9 Å². The van der Waals surface area contributed by atoms with Crippen LogP contribution in [-0.4, -0.2) is 50.1 Å². The van der Waals surface area contributed by atoms with Crippen LogP contribution in [0.3, 0.4) is 0 Å². The van der Waals surface area contributed by atoms with Crippen molar-refractivity contribution in [2.24, 2.45) is 11.8 Å². The summed E-state index contributed by atoms with van der Waals surface area (Å²) < 4.78 is 5.41. The van der Waals surface area contributed by atoms with Crippen LogP contribution in [0, 0.1) is 18.8 Å². The first-order valence-corrected chi connectivity index (χ1v) is 10.2. The number of aryl methyl sites for hydroxylation is 2. The number of nitrogens with zero attached hydrogens (tertiary/aromatic N) is 2. The van der Waals surface area contributed by atoms with E-state index in [1.807, 2.05) is 35.9 Å². The molecule has 3 rings (SSSR count). The lowest BCUT2D eigenvalue weighted by molar-refractivity contribution is -0.134. The average Bonchev–Trinajstić information content (AvgIpc) is 3.07. The van der Waals surface area contributed by atoms with E-state index in [9.17, 15) is 9.59 Å². The Morgan fingerprint density at radius 3 is 2.74 bits per heavy atom. The third-order valence-electron chi connectivity index (χ3n) is 6.04. The fourth-order valence-corrected chi connectivity index (χ4v) is 4.31. The molecule has 27 heavy (non-hydrogen) atoms. The predicted octanol–water partition coefficient (Wildman–Crippen LogP) is 3.19. The van der Waals surface area contributed by atoms with E-state index in [2.05, 4.69) is 13.0 Å². The van der Waals surface area contributed by atoms with Crippen LogP contribution in [0.25, 0.3) is 0 Å². The van der Waals surface area contributed by atoms with Crippen molar-refractivity contribution in [1.82, 2.24) is 4.90 Å². The summed E-state index contributed by atoms with van der Waals surface area (Å²) in [5.74, 6) is 0.580. The summed E-state index contributed by atoms with van der Waals surface area (Å²) in [7, 11) is 1.88. The molecule has 0 spiro atoms. The summed E-state index contributed by atoms with van der Waals surface area (Å²) in [5.41, 5.74) is 3.28. The highest BCUT2D eigenvalue weighted by Gasteiger charge is 2.37. The second-order valence-electron chi connectivity index (χ2n) is 7.95. The van der Waals surface area contributed by atoms with Gasteiger partial charge in [0, 0.05) is 45.5 Å². The molecule has 5 nitrogen and oxygen atoms in total. The van der Waals surface area contributed by atoms with Crippen molar-refractivity contribution in [2.75, 3.05) is 38.3 Å². The standard InChI is InChI=1S/C22H32N2O3/c1-4-18-7-5-6-16(2)21(18)24-15-19(14-20(24)25)22(26)23(3)11-8-17-9-12-27-13-10-17/h5-7,17,19H,4,8-15H2,1-3H3/t19-/m0/s1. The zero-order chi connectivity index (χ0) is 19.4. The Hall–Kier alpha value is -1.88. The van der Waals surface area contributed by atoms with Gasteiger partial charge in [0.15, 0.2) is 0 Å². The summed E-state index contributed by atoms with van der Waals surface area (Å²) in [4.78, 5) is 29.2. The number of amides is 2. The molecule has 2 aliphatic rings. The quantitative estimate of drug-likeness (QED) is 0.771. The largest absolute Gasteiger partial charge is 0.381 e. The van der Waals surface area contributed by atoms with Gasteiger partial charge in [0.2, 0.25) is 11.8 Å². The highest BCUT2D eigenvalue weighted by molar-refractivity contribution is 6.01. The van der Waals surface area contributed by atoms with Crippen LogP contribution < -0.4 is 4.90 Å². The highest BCUT2D eigenvalue weighted by atomic mass is 16.5. The molecule has 1 aromatic carbocycles. The number of carbonyl (C=O) groups excluding carboxylic acids is 2. The average molecular weight is 373 g/mol. The molecule has 1 atom stereocenters. The van der Waals surface area contributed by atoms with Crippen LogP contribution in [0.1, 0.15) is 43.7 Å². The third-order valence-corrected chi connectivity index (χ3v) is 6.04. The number of para-hydroxylation sites is 1. The molecule has 1 aromatic rings. The van der Waals surface area contributed by atoms with E-state index in [-0.39, 0.29) is 17.7 Å². The SMILES string of the molecule is CCc1cccc(C)c1N1C[C@@H](C(=O)N(C)CCC2CCOCC2)CC1=O. The van der Waals surface area contributed by atoms with Crippen molar-refractivity contribution in [1.29, 1.82) is 0 Å². The lowest BCUT2D eigenvalue weighted by Crippen LogP contribution is -2.36. The lowest BCUT2D eigenvalue weighted by atomic mass is 9.96. The number of hydrogen-bond acceptors (Lipinski definition) is 3. The van der Waals surface area contributed by atoms with Crippen LogP contribution in [0.15, 0.2) is 18.2 Å². The van der Waals surface area contributed by atoms with Gasteiger partial charge in [-0.1, -0.05) is 25.1 Å². The summed E-state index contributed by atoms with van der Waals surface area (Å²) in [5, 5.41) is 0. The summed E-state index contributed by atoms with van der Waals surface area (Å²) in [6.07, 6.45) is 4.39. The van der Waals surface area contributed by atoms with Gasteiger partial charge in [-0.05, 0) is 49.7 Å². The van der Waals surface area contributed by atoms with E-state index in [1.165, 1.54) is 5.56 Å². The summed E-state index contributed by atoms with van der Waals surface area (Å²) >= 11 is 0. The molecule has 148 valence electrons. The second-order valence-corrected chi connectivity index (χ2v) is 7.95. The Kier molecular flexibility index (Phi) is 6.53. The van der Waals surface area contributed by atoms with Crippen molar-refractivity contribution in [3.8, 4) is 0 Å². The molecule has 0 radical (unpaired) electrons. The third kappa shape index (κ3) is 4.52. The van der Waals surface area contributed by atoms with Gasteiger partial charge in [0.1, 0.15) is 0 Å². The lowest BCUT2D eigenvalue weighted by Gasteiger charge is -2.26. The summed E-state index contributed by atoms with van der Waals surface area (Å²) in [6, 6.07) is 6.15. The Morgan fingerprint density at radius 1 is 1.30 bits per heavy atom. The van der Waals surface area contributed by atoms with E-state index < -0.39 is 0 Å². The minimum atomic E-state index is -0.235. The topological polar surface area (TPSA) is 49.9 Å². The molecule has 0 unspecified atom stereocenters. The van der Waals surface area contributed by atoms with Gasteiger partial charge in [-0.25, -0.2) is 0 Å². The molecule has 0 saturated carbocycles. The van der Waals surface area contributed by atoms with Crippen LogP contribution in [0.5, 0.6) is 0 Å². The maximum Gasteiger partial charge on any atom is 0.227 e. The van der Waals surface area contributed by atoms with Gasteiger partial charge < -0.3 is 14.5 Å². The van der Waals surface area contributed by atoms with Crippen molar-refractivity contribution >= 4 is 17.5 Å². The molecular formula is C22H32N2O3. The minimum absolute atomic E-state index is 0.0650. The predicted molar refractivity (Wildman–Crippen MR) is 107 cm³/mol. The summed E-state index contributed by atoms with van der Waals surface area (Å²) in [6.45, 7) is 7.08. The second kappa shape index (κ2) is 8.87. The first kappa shape index (κ1) is 19.9. The smallest absolute Gasteiger partial charge is 0.227 e. The van der Waals surface area contributed by atoms with Crippen molar-refractivity contribution in [3.05, 3.63) is 29.3 Å². The Labute approximate surface area is 162 Å². The monoisotopic (exact) mass is 372 g/mol. The number of carbonyl (C=O) groups is 2. The molecule has 2 amide bonds. The van der Waals surface area contributed by atoms with Gasteiger partial charge in [0.25, 0.3) is 0 Å². The Balaban J connectivity index is 1.62. The van der Waals surface area contributed by atoms with E-state index in [1.54, 1.807) is 0 Å². The van der Waals surface area contributed by atoms with E-state index in [4.69, 9.17) is 4.74 Å². The molecule has 2 fully saturated rings. The maximum absolute atomic E-state index is 12.9. The zero-order valence-electron chi connectivity index (χ0n) is 16.9. The number of ether oxygens (including phenoxy) is 1. The van der Waals surface area contributed by atoms with Gasteiger partial charge in [-0.2, -0.15) is 0 Å². The van der Waals surface area contributed by atoms with Gasteiger partial charge >= 0.3 is 0 Å². The fraction of sp³-hybridized carbons (Fsp3) is 0.636. The first-order chi connectivity index (χ1) is 13.0. The maximum atomic E-state index is 12.9. The number of anilines is 1. The molecule has 2 heterocycles. The van der Waals surface area contributed by atoms with E-state index >= 15 is 0 Å². The Bertz CT molecular complexity index is 682. The number of rotatable bonds is 6. The Morgan fingerprint density at radius 2 is 2.04 bits per heavy atom. The van der Waals surface area contributed by atoms with Gasteiger partial charge in [0.05, 0.1) is 5.92 Å². The molecule has 2 aliphatic heterocycles.